The number of fused-ring (bicyclic) bond motifs is 1. The molecule has 0 spiro atoms. The predicted molar refractivity (Wildman–Crippen MR) is 82.3 cm³/mol. The van der Waals surface area contributed by atoms with Crippen molar-refractivity contribution in [3.63, 3.8) is 0 Å². The smallest absolute Gasteiger partial charge is 0.260 e. The highest BCUT2D eigenvalue weighted by atomic mass is 16.5. The highest BCUT2D eigenvalue weighted by molar-refractivity contribution is 5.78. The van der Waals surface area contributed by atoms with Crippen LogP contribution in [-0.4, -0.2) is 33.0 Å². The Morgan fingerprint density at radius 1 is 1.27 bits per heavy atom. The summed E-state index contributed by atoms with van der Waals surface area (Å²) < 4.78 is 6.97. The SMILES string of the molecule is O=c1[nH]c(-n2cccn2)nc2cc(C3CCOCC3)ccc12. The third-order valence-electron chi connectivity index (χ3n) is 4.13. The number of hydrogen-bond donors (Lipinski definition) is 1. The lowest BCUT2D eigenvalue weighted by Crippen LogP contribution is -2.16. The molecular formula is C16H16N4O2. The van der Waals surface area contributed by atoms with Gasteiger partial charge in [-0.25, -0.2) is 9.67 Å². The van der Waals surface area contributed by atoms with Crippen LogP contribution in [0.15, 0.2) is 41.5 Å². The molecule has 0 unspecified atom stereocenters. The van der Waals surface area contributed by atoms with Crippen LogP contribution in [0.4, 0.5) is 0 Å². The van der Waals surface area contributed by atoms with E-state index in [0.717, 1.165) is 26.1 Å². The molecule has 2 aromatic heterocycles. The minimum Gasteiger partial charge on any atom is -0.381 e. The van der Waals surface area contributed by atoms with Gasteiger partial charge in [0.2, 0.25) is 5.95 Å². The van der Waals surface area contributed by atoms with Crippen molar-refractivity contribution in [2.75, 3.05) is 13.2 Å². The first-order chi connectivity index (χ1) is 10.8. The van der Waals surface area contributed by atoms with Gasteiger partial charge in [0.15, 0.2) is 0 Å². The fourth-order valence-corrected chi connectivity index (χ4v) is 2.93. The van der Waals surface area contributed by atoms with Gasteiger partial charge in [0.1, 0.15) is 0 Å². The molecule has 0 aliphatic carbocycles. The van der Waals surface area contributed by atoms with E-state index in [1.807, 2.05) is 18.2 Å². The summed E-state index contributed by atoms with van der Waals surface area (Å²) in [6.07, 6.45) is 5.44. The van der Waals surface area contributed by atoms with Crippen molar-refractivity contribution in [1.82, 2.24) is 19.7 Å². The van der Waals surface area contributed by atoms with Crippen LogP contribution in [0.5, 0.6) is 0 Å². The van der Waals surface area contributed by atoms with Crippen molar-refractivity contribution >= 4 is 10.9 Å². The average molecular weight is 296 g/mol. The third-order valence-corrected chi connectivity index (χ3v) is 4.13. The maximum atomic E-state index is 12.2. The molecular weight excluding hydrogens is 280 g/mol. The Bertz CT molecular complexity index is 848. The largest absolute Gasteiger partial charge is 0.381 e. The standard InChI is InChI=1S/C16H16N4O2/c21-15-13-3-2-12(11-4-8-22-9-5-11)10-14(13)18-16(19-15)20-7-1-6-17-20/h1-3,6-7,10-11H,4-5,8-9H2,(H,18,19,21). The Kier molecular flexibility index (Phi) is 3.23. The lowest BCUT2D eigenvalue weighted by molar-refractivity contribution is 0.0853. The molecule has 0 amide bonds. The Morgan fingerprint density at radius 2 is 2.14 bits per heavy atom. The van der Waals surface area contributed by atoms with Gasteiger partial charge in [-0.05, 0) is 42.5 Å². The molecule has 3 heterocycles. The number of aromatic nitrogens is 4. The number of ether oxygens (including phenoxy) is 1. The van der Waals surface area contributed by atoms with Crippen LogP contribution in [0.3, 0.4) is 0 Å². The molecule has 1 N–H and O–H groups in total. The maximum Gasteiger partial charge on any atom is 0.260 e. The number of nitrogens with one attached hydrogen (secondary N) is 1. The van der Waals surface area contributed by atoms with E-state index in [0.29, 0.717) is 22.8 Å². The molecule has 4 rings (SSSR count). The topological polar surface area (TPSA) is 72.8 Å². The van der Waals surface area contributed by atoms with Gasteiger partial charge in [-0.15, -0.1) is 0 Å². The quantitative estimate of drug-likeness (QED) is 0.785. The molecule has 0 atom stereocenters. The van der Waals surface area contributed by atoms with E-state index < -0.39 is 0 Å². The van der Waals surface area contributed by atoms with E-state index in [-0.39, 0.29) is 5.56 Å². The van der Waals surface area contributed by atoms with Crippen molar-refractivity contribution in [1.29, 1.82) is 0 Å². The molecule has 6 heteroatoms. The lowest BCUT2D eigenvalue weighted by Gasteiger charge is -2.22. The normalized spacial score (nSPS) is 16.2. The van der Waals surface area contributed by atoms with Crippen molar-refractivity contribution < 1.29 is 4.74 Å². The number of aromatic amines is 1. The number of nitrogens with zero attached hydrogens (tertiary/aromatic N) is 3. The second-order valence-corrected chi connectivity index (χ2v) is 5.50. The summed E-state index contributed by atoms with van der Waals surface area (Å²) in [6.45, 7) is 1.59. The number of hydrogen-bond acceptors (Lipinski definition) is 4. The van der Waals surface area contributed by atoms with Gasteiger partial charge in [-0.2, -0.15) is 5.10 Å². The predicted octanol–water partition coefficient (Wildman–Crippen LogP) is 2.00. The van der Waals surface area contributed by atoms with Gasteiger partial charge in [0.25, 0.3) is 5.56 Å². The molecule has 1 fully saturated rings. The van der Waals surface area contributed by atoms with E-state index in [1.165, 1.54) is 5.56 Å². The zero-order chi connectivity index (χ0) is 14.9. The summed E-state index contributed by atoms with van der Waals surface area (Å²) in [4.78, 5) is 19.5. The molecule has 0 radical (unpaired) electrons. The van der Waals surface area contributed by atoms with Crippen LogP contribution >= 0.6 is 0 Å². The summed E-state index contributed by atoms with van der Waals surface area (Å²) >= 11 is 0. The Morgan fingerprint density at radius 3 is 2.91 bits per heavy atom. The highest BCUT2D eigenvalue weighted by Gasteiger charge is 2.17. The molecule has 3 aromatic rings. The molecule has 112 valence electrons. The van der Waals surface area contributed by atoms with Crippen LogP contribution in [0.2, 0.25) is 0 Å². The maximum absolute atomic E-state index is 12.2. The Hall–Kier alpha value is -2.47. The van der Waals surface area contributed by atoms with Crippen molar-refractivity contribution in [2.24, 2.45) is 0 Å². The van der Waals surface area contributed by atoms with E-state index in [9.17, 15) is 4.79 Å². The molecule has 22 heavy (non-hydrogen) atoms. The minimum atomic E-state index is -0.144. The summed E-state index contributed by atoms with van der Waals surface area (Å²) in [6, 6.07) is 7.71. The second-order valence-electron chi connectivity index (χ2n) is 5.50. The van der Waals surface area contributed by atoms with Crippen LogP contribution in [0.25, 0.3) is 16.9 Å². The van der Waals surface area contributed by atoms with E-state index in [2.05, 4.69) is 15.1 Å². The summed E-state index contributed by atoms with van der Waals surface area (Å²) in [5.74, 6) is 0.916. The van der Waals surface area contributed by atoms with Crippen LogP contribution < -0.4 is 5.56 Å². The van der Waals surface area contributed by atoms with Gasteiger partial charge < -0.3 is 4.74 Å². The highest BCUT2D eigenvalue weighted by Crippen LogP contribution is 2.28. The fraction of sp³-hybridized carbons (Fsp3) is 0.312. The first kappa shape index (κ1) is 13.2. The second kappa shape index (κ2) is 5.38. The van der Waals surface area contributed by atoms with Gasteiger partial charge in [0.05, 0.1) is 10.9 Å². The molecule has 1 saturated heterocycles. The van der Waals surface area contributed by atoms with Gasteiger partial charge >= 0.3 is 0 Å². The summed E-state index contributed by atoms with van der Waals surface area (Å²) in [5.41, 5.74) is 1.78. The van der Waals surface area contributed by atoms with Crippen molar-refractivity contribution in [3.8, 4) is 5.95 Å². The number of H-pyrrole nitrogens is 1. The van der Waals surface area contributed by atoms with E-state index in [4.69, 9.17) is 4.74 Å². The van der Waals surface area contributed by atoms with Gasteiger partial charge in [-0.3, -0.25) is 9.78 Å². The van der Waals surface area contributed by atoms with Crippen molar-refractivity contribution in [3.05, 3.63) is 52.6 Å². The van der Waals surface area contributed by atoms with E-state index >= 15 is 0 Å². The third kappa shape index (κ3) is 2.31. The molecule has 6 nitrogen and oxygen atoms in total. The number of rotatable bonds is 2. The zero-order valence-electron chi connectivity index (χ0n) is 12.0. The molecule has 1 aromatic carbocycles. The van der Waals surface area contributed by atoms with Gasteiger partial charge in [-0.1, -0.05) is 6.07 Å². The monoisotopic (exact) mass is 296 g/mol. The Labute approximate surface area is 126 Å². The molecule has 0 saturated carbocycles. The Balaban J connectivity index is 1.82. The van der Waals surface area contributed by atoms with Gasteiger partial charge in [0, 0.05) is 25.6 Å². The molecule has 1 aliphatic rings. The molecule has 1 aliphatic heterocycles. The first-order valence-electron chi connectivity index (χ1n) is 7.43. The first-order valence-corrected chi connectivity index (χ1v) is 7.43. The summed E-state index contributed by atoms with van der Waals surface area (Å²) in [5, 5.41) is 4.72. The van der Waals surface area contributed by atoms with Crippen LogP contribution in [0.1, 0.15) is 24.3 Å². The van der Waals surface area contributed by atoms with E-state index in [1.54, 1.807) is 23.1 Å². The van der Waals surface area contributed by atoms with Crippen molar-refractivity contribution in [2.45, 2.75) is 18.8 Å². The number of benzene rings is 1. The van der Waals surface area contributed by atoms with Crippen LogP contribution in [-0.2, 0) is 4.74 Å². The lowest BCUT2D eigenvalue weighted by atomic mass is 9.91. The molecule has 0 bridgehead atoms. The summed E-state index contributed by atoms with van der Waals surface area (Å²) in [7, 11) is 0. The average Bonchev–Trinajstić information content (AvgIpc) is 3.09. The zero-order valence-corrected chi connectivity index (χ0v) is 12.0. The van der Waals surface area contributed by atoms with Crippen LogP contribution in [0, 0.1) is 0 Å². The fourth-order valence-electron chi connectivity index (χ4n) is 2.93. The minimum absolute atomic E-state index is 0.144.